The lowest BCUT2D eigenvalue weighted by Gasteiger charge is -2.37. The molecular formula is C20H17N3O4S. The Balaban J connectivity index is 1.85. The minimum absolute atomic E-state index is 0.0878. The molecule has 0 unspecified atom stereocenters. The molecule has 7 nitrogen and oxygen atoms in total. The molecule has 0 fully saturated rings. The van der Waals surface area contributed by atoms with Crippen molar-refractivity contribution in [3.8, 4) is 0 Å². The first-order chi connectivity index (χ1) is 13.5. The highest BCUT2D eigenvalue weighted by Gasteiger charge is 2.39. The molecule has 142 valence electrons. The van der Waals surface area contributed by atoms with E-state index in [0.29, 0.717) is 11.3 Å². The van der Waals surface area contributed by atoms with Crippen LogP contribution in [0.1, 0.15) is 17.3 Å². The first-order valence-corrected chi connectivity index (χ1v) is 10.1. The summed E-state index contributed by atoms with van der Waals surface area (Å²) in [5.74, 6) is 0. The van der Waals surface area contributed by atoms with Gasteiger partial charge in [-0.15, -0.1) is 0 Å². The molecule has 0 spiro atoms. The normalized spacial score (nSPS) is 18.1. The topological polar surface area (TPSA) is 92.5 Å². The number of hydrogen-bond donors (Lipinski definition) is 1. The molecule has 1 aliphatic heterocycles. The van der Waals surface area contributed by atoms with Crippen molar-refractivity contribution in [2.75, 3.05) is 5.32 Å². The molecule has 0 saturated heterocycles. The van der Waals surface area contributed by atoms with Gasteiger partial charge in [0.25, 0.3) is 5.69 Å². The number of benzene rings is 3. The highest BCUT2D eigenvalue weighted by molar-refractivity contribution is 7.89. The zero-order chi connectivity index (χ0) is 19.7. The van der Waals surface area contributed by atoms with Crippen molar-refractivity contribution in [2.24, 2.45) is 0 Å². The standard InChI is InChI=1S/C20H17N3O4S/c24-23(25)17-10-6-9-16(13-17)20-21-18-11-4-5-12-19(18)28(26,27)22(20)14-15-7-2-1-3-8-15/h1-13,20-21H,14H2/t20-/m0/s1. The summed E-state index contributed by atoms with van der Waals surface area (Å²) in [7, 11) is -3.81. The average Bonchev–Trinajstić information content (AvgIpc) is 2.71. The molecule has 0 aliphatic carbocycles. The van der Waals surface area contributed by atoms with Gasteiger partial charge in [-0.05, 0) is 23.3 Å². The highest BCUT2D eigenvalue weighted by atomic mass is 32.2. The monoisotopic (exact) mass is 395 g/mol. The molecule has 0 bridgehead atoms. The summed E-state index contributed by atoms with van der Waals surface area (Å²) in [6.07, 6.45) is -0.764. The quantitative estimate of drug-likeness (QED) is 0.534. The lowest BCUT2D eigenvalue weighted by Crippen LogP contribution is -2.42. The van der Waals surface area contributed by atoms with Crippen molar-refractivity contribution >= 4 is 21.4 Å². The molecule has 0 radical (unpaired) electrons. The fourth-order valence-electron chi connectivity index (χ4n) is 3.29. The van der Waals surface area contributed by atoms with E-state index in [9.17, 15) is 18.5 Å². The first-order valence-electron chi connectivity index (χ1n) is 8.62. The summed E-state index contributed by atoms with van der Waals surface area (Å²) >= 11 is 0. The third-order valence-electron chi connectivity index (χ3n) is 4.63. The molecule has 1 atom stereocenters. The number of fused-ring (bicyclic) bond motifs is 1. The van der Waals surface area contributed by atoms with Gasteiger partial charge in [0.2, 0.25) is 10.0 Å². The number of nitrogens with zero attached hydrogens (tertiary/aromatic N) is 2. The van der Waals surface area contributed by atoms with Gasteiger partial charge >= 0.3 is 0 Å². The zero-order valence-corrected chi connectivity index (χ0v) is 15.5. The summed E-state index contributed by atoms with van der Waals surface area (Å²) in [6, 6.07) is 21.9. The fourth-order valence-corrected chi connectivity index (χ4v) is 4.97. The fraction of sp³-hybridized carbons (Fsp3) is 0.100. The summed E-state index contributed by atoms with van der Waals surface area (Å²) in [5, 5.41) is 14.4. The molecule has 1 heterocycles. The molecule has 3 aromatic rings. The minimum atomic E-state index is -3.81. The van der Waals surface area contributed by atoms with E-state index in [0.717, 1.165) is 5.56 Å². The molecule has 0 saturated carbocycles. The van der Waals surface area contributed by atoms with Gasteiger partial charge in [0.05, 0.1) is 10.6 Å². The van der Waals surface area contributed by atoms with Crippen LogP contribution in [0.4, 0.5) is 11.4 Å². The maximum Gasteiger partial charge on any atom is 0.269 e. The Morgan fingerprint density at radius 1 is 0.964 bits per heavy atom. The lowest BCUT2D eigenvalue weighted by molar-refractivity contribution is -0.384. The van der Waals surface area contributed by atoms with Crippen LogP contribution >= 0.6 is 0 Å². The van der Waals surface area contributed by atoms with Crippen LogP contribution in [0.15, 0.2) is 83.8 Å². The van der Waals surface area contributed by atoms with Gasteiger partial charge in [0.1, 0.15) is 11.1 Å². The van der Waals surface area contributed by atoms with Crippen LogP contribution in [0.5, 0.6) is 0 Å². The van der Waals surface area contributed by atoms with Gasteiger partial charge in [-0.1, -0.05) is 54.6 Å². The van der Waals surface area contributed by atoms with E-state index in [1.54, 1.807) is 36.4 Å². The minimum Gasteiger partial charge on any atom is -0.364 e. The van der Waals surface area contributed by atoms with E-state index in [-0.39, 0.29) is 17.1 Å². The predicted octanol–water partition coefficient (Wildman–Crippen LogP) is 3.91. The lowest BCUT2D eigenvalue weighted by atomic mass is 10.1. The van der Waals surface area contributed by atoms with Gasteiger partial charge in [0, 0.05) is 18.7 Å². The third-order valence-corrected chi connectivity index (χ3v) is 6.50. The number of anilines is 1. The second kappa shape index (κ2) is 7.06. The largest absolute Gasteiger partial charge is 0.364 e. The average molecular weight is 395 g/mol. The Morgan fingerprint density at radius 2 is 1.68 bits per heavy atom. The number of sulfonamides is 1. The van der Waals surface area contributed by atoms with Crippen molar-refractivity contribution in [3.63, 3.8) is 0 Å². The summed E-state index contributed by atoms with van der Waals surface area (Å²) in [5.41, 5.74) is 1.71. The number of para-hydroxylation sites is 1. The highest BCUT2D eigenvalue weighted by Crippen LogP contribution is 2.39. The Kier molecular flexibility index (Phi) is 4.58. The number of nitro groups is 1. The van der Waals surface area contributed by atoms with Gasteiger partial charge < -0.3 is 5.32 Å². The number of non-ortho nitro benzene ring substituents is 1. The van der Waals surface area contributed by atoms with Crippen LogP contribution < -0.4 is 5.32 Å². The van der Waals surface area contributed by atoms with Crippen LogP contribution in [-0.4, -0.2) is 17.6 Å². The van der Waals surface area contributed by atoms with Crippen LogP contribution in [0.25, 0.3) is 0 Å². The van der Waals surface area contributed by atoms with Crippen molar-refractivity contribution < 1.29 is 13.3 Å². The van der Waals surface area contributed by atoms with Crippen LogP contribution in [0, 0.1) is 10.1 Å². The third kappa shape index (κ3) is 3.23. The second-order valence-electron chi connectivity index (χ2n) is 6.43. The number of hydrogen-bond acceptors (Lipinski definition) is 5. The van der Waals surface area contributed by atoms with E-state index in [1.165, 1.54) is 16.4 Å². The number of nitro benzene ring substituents is 1. The van der Waals surface area contributed by atoms with Gasteiger partial charge in [0.15, 0.2) is 0 Å². The van der Waals surface area contributed by atoms with E-state index < -0.39 is 21.1 Å². The molecule has 4 rings (SSSR count). The smallest absolute Gasteiger partial charge is 0.269 e. The molecule has 8 heteroatoms. The van der Waals surface area contributed by atoms with Crippen LogP contribution in [0.2, 0.25) is 0 Å². The van der Waals surface area contributed by atoms with Crippen LogP contribution in [-0.2, 0) is 16.6 Å². The molecule has 1 aliphatic rings. The summed E-state index contributed by atoms with van der Waals surface area (Å²) in [4.78, 5) is 10.9. The second-order valence-corrected chi connectivity index (χ2v) is 8.29. The number of nitrogens with one attached hydrogen (secondary N) is 1. The van der Waals surface area contributed by atoms with Gasteiger partial charge in [-0.3, -0.25) is 10.1 Å². The molecular weight excluding hydrogens is 378 g/mol. The maximum atomic E-state index is 13.4. The Bertz CT molecular complexity index is 1130. The SMILES string of the molecule is O=[N+]([O-])c1cccc([C@H]2Nc3ccccc3S(=O)(=O)N2Cc2ccccc2)c1. The molecule has 0 amide bonds. The maximum absolute atomic E-state index is 13.4. The summed E-state index contributed by atoms with van der Waals surface area (Å²) in [6.45, 7) is 0.137. The first kappa shape index (κ1) is 18.1. The van der Waals surface area contributed by atoms with Crippen LogP contribution in [0.3, 0.4) is 0 Å². The van der Waals surface area contributed by atoms with Crippen molar-refractivity contribution in [2.45, 2.75) is 17.6 Å². The molecule has 0 aromatic heterocycles. The Hall–Kier alpha value is -3.23. The van der Waals surface area contributed by atoms with E-state index in [2.05, 4.69) is 5.32 Å². The van der Waals surface area contributed by atoms with Crippen molar-refractivity contribution in [1.82, 2.24) is 4.31 Å². The molecule has 28 heavy (non-hydrogen) atoms. The zero-order valence-electron chi connectivity index (χ0n) is 14.7. The van der Waals surface area contributed by atoms with Crippen molar-refractivity contribution in [1.29, 1.82) is 0 Å². The van der Waals surface area contributed by atoms with Gasteiger partial charge in [-0.25, -0.2) is 8.42 Å². The van der Waals surface area contributed by atoms with Crippen molar-refractivity contribution in [3.05, 3.63) is 100 Å². The molecule has 3 aromatic carbocycles. The van der Waals surface area contributed by atoms with E-state index in [4.69, 9.17) is 0 Å². The Labute approximate surface area is 162 Å². The van der Waals surface area contributed by atoms with Gasteiger partial charge in [-0.2, -0.15) is 4.31 Å². The van der Waals surface area contributed by atoms with E-state index >= 15 is 0 Å². The summed E-state index contributed by atoms with van der Waals surface area (Å²) < 4.78 is 28.1. The van der Waals surface area contributed by atoms with E-state index in [1.807, 2.05) is 30.3 Å². The predicted molar refractivity (Wildman–Crippen MR) is 105 cm³/mol. The Morgan fingerprint density at radius 3 is 2.43 bits per heavy atom. The molecule has 1 N–H and O–H groups in total. The number of rotatable bonds is 4.